The van der Waals surface area contributed by atoms with E-state index in [1.54, 1.807) is 10.9 Å². The summed E-state index contributed by atoms with van der Waals surface area (Å²) in [6.07, 6.45) is 1.78. The molecule has 1 saturated heterocycles. The average Bonchev–Trinajstić information content (AvgIpc) is 3.06. The molecule has 1 aromatic carbocycles. The number of hydrogen-bond donors (Lipinski definition) is 2. The molecule has 4 rings (SSSR count). The number of fused-ring (bicyclic) bond motifs is 1. The molecule has 1 aliphatic rings. The van der Waals surface area contributed by atoms with Gasteiger partial charge in [0.1, 0.15) is 5.82 Å². The first-order valence-electron chi connectivity index (χ1n) is 9.37. The summed E-state index contributed by atoms with van der Waals surface area (Å²) in [5, 5.41) is 12.7. The minimum atomic E-state index is 0.582. The molecular weight excluding hydrogens is 378 g/mol. The van der Waals surface area contributed by atoms with Crippen molar-refractivity contribution in [3.05, 3.63) is 35.0 Å². The number of aromatic nitrogens is 4. The van der Waals surface area contributed by atoms with Gasteiger partial charge < -0.3 is 15.4 Å². The first-order chi connectivity index (χ1) is 13.6. The van der Waals surface area contributed by atoms with Gasteiger partial charge in [-0.05, 0) is 30.7 Å². The zero-order valence-corrected chi connectivity index (χ0v) is 16.8. The number of morpholine rings is 1. The fourth-order valence-electron chi connectivity index (χ4n) is 3.24. The summed E-state index contributed by atoms with van der Waals surface area (Å²) < 4.78 is 7.15. The van der Waals surface area contributed by atoms with Crippen LogP contribution < -0.4 is 10.6 Å². The van der Waals surface area contributed by atoms with Gasteiger partial charge in [-0.15, -0.1) is 0 Å². The Labute approximate surface area is 168 Å². The van der Waals surface area contributed by atoms with Crippen LogP contribution in [0.5, 0.6) is 0 Å². The van der Waals surface area contributed by atoms with Crippen molar-refractivity contribution < 1.29 is 4.74 Å². The van der Waals surface area contributed by atoms with E-state index in [2.05, 4.69) is 25.6 Å². The highest BCUT2D eigenvalue weighted by molar-refractivity contribution is 6.30. The zero-order chi connectivity index (χ0) is 19.5. The third-order valence-electron chi connectivity index (χ3n) is 4.85. The smallest absolute Gasteiger partial charge is 0.226 e. The lowest BCUT2D eigenvalue weighted by Crippen LogP contribution is -2.39. The Bertz CT molecular complexity index is 968. The Morgan fingerprint density at radius 1 is 1.21 bits per heavy atom. The van der Waals surface area contributed by atoms with E-state index in [1.807, 2.05) is 32.2 Å². The summed E-state index contributed by atoms with van der Waals surface area (Å²) in [4.78, 5) is 11.7. The largest absolute Gasteiger partial charge is 0.379 e. The Balaban J connectivity index is 1.55. The topological polar surface area (TPSA) is 80.1 Å². The standard InChI is InChI=1S/C19H24ClN7O/c1-13-11-14(20)3-4-16(13)23-17-15-12-22-26(2)18(15)25-19(24-17)21-5-6-27-7-9-28-10-8-27/h3-4,11-12H,5-10H2,1-2H3,(H2,21,23,24,25). The Morgan fingerprint density at radius 2 is 2.04 bits per heavy atom. The number of benzene rings is 1. The highest BCUT2D eigenvalue weighted by Crippen LogP contribution is 2.27. The van der Waals surface area contributed by atoms with Gasteiger partial charge in [0.15, 0.2) is 5.65 Å². The molecule has 0 spiro atoms. The minimum Gasteiger partial charge on any atom is -0.379 e. The van der Waals surface area contributed by atoms with Crippen molar-refractivity contribution in [2.75, 3.05) is 50.0 Å². The van der Waals surface area contributed by atoms with Crippen molar-refractivity contribution in [2.24, 2.45) is 7.05 Å². The second-order valence-electron chi connectivity index (χ2n) is 6.87. The lowest BCUT2D eigenvalue weighted by molar-refractivity contribution is 0.0398. The maximum Gasteiger partial charge on any atom is 0.226 e. The van der Waals surface area contributed by atoms with Gasteiger partial charge in [0.25, 0.3) is 0 Å². The molecule has 0 aliphatic carbocycles. The molecule has 9 heteroatoms. The van der Waals surface area contributed by atoms with E-state index in [0.717, 1.165) is 67.5 Å². The van der Waals surface area contributed by atoms with Gasteiger partial charge in [0, 0.05) is 43.9 Å². The maximum atomic E-state index is 6.08. The van der Waals surface area contributed by atoms with Gasteiger partial charge in [0.2, 0.25) is 5.95 Å². The van der Waals surface area contributed by atoms with Gasteiger partial charge in [-0.1, -0.05) is 11.6 Å². The van der Waals surface area contributed by atoms with E-state index < -0.39 is 0 Å². The second-order valence-corrected chi connectivity index (χ2v) is 7.30. The lowest BCUT2D eigenvalue weighted by Gasteiger charge is -2.26. The van der Waals surface area contributed by atoms with Gasteiger partial charge >= 0.3 is 0 Å². The van der Waals surface area contributed by atoms with Crippen LogP contribution in [-0.2, 0) is 11.8 Å². The van der Waals surface area contributed by atoms with Crippen molar-refractivity contribution in [3.63, 3.8) is 0 Å². The van der Waals surface area contributed by atoms with Crippen LogP contribution in [0.25, 0.3) is 11.0 Å². The van der Waals surface area contributed by atoms with Crippen molar-refractivity contribution >= 4 is 40.1 Å². The van der Waals surface area contributed by atoms with Crippen LogP contribution in [0.1, 0.15) is 5.56 Å². The van der Waals surface area contributed by atoms with Crippen LogP contribution in [0.15, 0.2) is 24.4 Å². The Kier molecular flexibility index (Phi) is 5.61. The second kappa shape index (κ2) is 8.30. The van der Waals surface area contributed by atoms with Crippen LogP contribution >= 0.6 is 11.6 Å². The van der Waals surface area contributed by atoms with Crippen LogP contribution in [0, 0.1) is 6.92 Å². The number of rotatable bonds is 6. The van der Waals surface area contributed by atoms with Crippen LogP contribution in [0.3, 0.4) is 0 Å². The molecule has 0 atom stereocenters. The summed E-state index contributed by atoms with van der Waals surface area (Å²) in [5.74, 6) is 1.30. The third-order valence-corrected chi connectivity index (χ3v) is 5.08. The molecule has 0 amide bonds. The highest BCUT2D eigenvalue weighted by Gasteiger charge is 2.14. The number of aryl methyl sites for hydroxylation is 2. The van der Waals surface area contributed by atoms with E-state index in [-0.39, 0.29) is 0 Å². The molecule has 0 radical (unpaired) electrons. The molecule has 2 aromatic heterocycles. The predicted octanol–water partition coefficient (Wildman–Crippen LogP) is 2.81. The molecule has 1 aliphatic heterocycles. The molecule has 8 nitrogen and oxygen atoms in total. The molecular formula is C19H24ClN7O. The Hall–Kier alpha value is -2.42. The molecule has 3 heterocycles. The molecule has 3 aromatic rings. The monoisotopic (exact) mass is 401 g/mol. The normalized spacial score (nSPS) is 15.1. The summed E-state index contributed by atoms with van der Waals surface area (Å²) in [6, 6.07) is 5.74. The summed E-state index contributed by atoms with van der Waals surface area (Å²) in [7, 11) is 1.88. The van der Waals surface area contributed by atoms with Gasteiger partial charge in [-0.3, -0.25) is 9.58 Å². The first-order valence-corrected chi connectivity index (χ1v) is 9.75. The molecule has 28 heavy (non-hydrogen) atoms. The SMILES string of the molecule is Cc1cc(Cl)ccc1Nc1nc(NCCN2CCOCC2)nc2c1cnn2C. The van der Waals surface area contributed by atoms with Crippen LogP contribution in [0.4, 0.5) is 17.5 Å². The summed E-state index contributed by atoms with van der Waals surface area (Å²) in [6.45, 7) is 7.23. The Morgan fingerprint density at radius 3 is 2.82 bits per heavy atom. The van der Waals surface area contributed by atoms with Crippen LogP contribution in [0.2, 0.25) is 5.02 Å². The van der Waals surface area contributed by atoms with Crippen molar-refractivity contribution in [3.8, 4) is 0 Å². The molecule has 0 bridgehead atoms. The van der Waals surface area contributed by atoms with E-state index in [9.17, 15) is 0 Å². The average molecular weight is 402 g/mol. The molecule has 2 N–H and O–H groups in total. The highest BCUT2D eigenvalue weighted by atomic mass is 35.5. The number of nitrogens with zero attached hydrogens (tertiary/aromatic N) is 5. The van der Waals surface area contributed by atoms with E-state index in [1.165, 1.54) is 0 Å². The fraction of sp³-hybridized carbons (Fsp3) is 0.421. The van der Waals surface area contributed by atoms with Gasteiger partial charge in [0.05, 0.1) is 24.8 Å². The molecule has 1 fully saturated rings. The fourth-order valence-corrected chi connectivity index (χ4v) is 3.47. The van der Waals surface area contributed by atoms with E-state index in [4.69, 9.17) is 21.3 Å². The number of halogens is 1. The van der Waals surface area contributed by atoms with Crippen molar-refractivity contribution in [1.29, 1.82) is 0 Å². The van der Waals surface area contributed by atoms with E-state index >= 15 is 0 Å². The maximum absolute atomic E-state index is 6.08. The number of hydrogen-bond acceptors (Lipinski definition) is 7. The number of nitrogens with one attached hydrogen (secondary N) is 2. The summed E-state index contributed by atoms with van der Waals surface area (Å²) >= 11 is 6.08. The van der Waals surface area contributed by atoms with Crippen molar-refractivity contribution in [1.82, 2.24) is 24.6 Å². The number of ether oxygens (including phenoxy) is 1. The van der Waals surface area contributed by atoms with Crippen molar-refractivity contribution in [2.45, 2.75) is 6.92 Å². The third kappa shape index (κ3) is 4.19. The minimum absolute atomic E-state index is 0.582. The number of anilines is 3. The quantitative estimate of drug-likeness (QED) is 0.657. The zero-order valence-electron chi connectivity index (χ0n) is 16.1. The molecule has 148 valence electrons. The van der Waals surface area contributed by atoms with Crippen LogP contribution in [-0.4, -0.2) is 64.0 Å². The summed E-state index contributed by atoms with van der Waals surface area (Å²) in [5.41, 5.74) is 2.77. The molecule has 0 saturated carbocycles. The van der Waals surface area contributed by atoms with Gasteiger partial charge in [-0.25, -0.2) is 0 Å². The van der Waals surface area contributed by atoms with E-state index in [0.29, 0.717) is 11.0 Å². The predicted molar refractivity (Wildman–Crippen MR) is 112 cm³/mol. The van der Waals surface area contributed by atoms with Gasteiger partial charge in [-0.2, -0.15) is 15.1 Å². The first kappa shape index (κ1) is 18.9. The lowest BCUT2D eigenvalue weighted by atomic mass is 10.2. The molecule has 0 unspecified atom stereocenters.